The Morgan fingerprint density at radius 2 is 1.90 bits per heavy atom. The highest BCUT2D eigenvalue weighted by atomic mass is 35.5. The first-order valence-electron chi connectivity index (χ1n) is 10.4. The zero-order chi connectivity index (χ0) is 21.8. The van der Waals surface area contributed by atoms with Crippen molar-refractivity contribution in [3.63, 3.8) is 0 Å². The average Bonchev–Trinajstić information content (AvgIpc) is 3.24. The second kappa shape index (κ2) is 9.49. The molecular weight excluding hydrogens is 412 g/mol. The van der Waals surface area contributed by atoms with Crippen molar-refractivity contribution >= 4 is 23.2 Å². The van der Waals surface area contributed by atoms with Gasteiger partial charge in [-0.05, 0) is 44.2 Å². The summed E-state index contributed by atoms with van der Waals surface area (Å²) < 4.78 is 0. The molecular formula is C23H25ClN6O. The molecule has 3 aromatic rings. The Labute approximate surface area is 186 Å². The smallest absolute Gasteiger partial charge is 0.259 e. The molecule has 8 heteroatoms. The Morgan fingerprint density at radius 3 is 2.58 bits per heavy atom. The molecule has 0 spiro atoms. The summed E-state index contributed by atoms with van der Waals surface area (Å²) in [6, 6.07) is 7.00. The molecule has 1 N–H and O–H groups in total. The van der Waals surface area contributed by atoms with E-state index < -0.39 is 0 Å². The number of hydrogen-bond acceptors (Lipinski definition) is 6. The van der Waals surface area contributed by atoms with Crippen molar-refractivity contribution in [1.82, 2.24) is 24.8 Å². The molecule has 7 nitrogen and oxygen atoms in total. The van der Waals surface area contributed by atoms with Crippen molar-refractivity contribution in [2.75, 3.05) is 18.4 Å². The third-order valence-electron chi connectivity index (χ3n) is 5.46. The number of halogens is 1. The van der Waals surface area contributed by atoms with Gasteiger partial charge in [0.15, 0.2) is 0 Å². The molecule has 1 aliphatic rings. The van der Waals surface area contributed by atoms with Crippen LogP contribution in [0.5, 0.6) is 0 Å². The molecule has 1 aliphatic heterocycles. The van der Waals surface area contributed by atoms with Gasteiger partial charge in [-0.3, -0.25) is 9.69 Å². The van der Waals surface area contributed by atoms with Crippen LogP contribution in [-0.4, -0.2) is 43.8 Å². The number of aromatic nitrogens is 4. The van der Waals surface area contributed by atoms with Crippen molar-refractivity contribution < 1.29 is 4.79 Å². The molecule has 31 heavy (non-hydrogen) atoms. The number of amides is 1. The lowest BCUT2D eigenvalue weighted by molar-refractivity contribution is 0.102. The lowest BCUT2D eigenvalue weighted by Gasteiger charge is -2.16. The molecule has 0 saturated carbocycles. The van der Waals surface area contributed by atoms with Crippen LogP contribution in [0.3, 0.4) is 0 Å². The number of carbonyl (C=O) groups excluding carboxylic acids is 1. The van der Waals surface area contributed by atoms with E-state index in [2.05, 4.69) is 37.1 Å². The predicted octanol–water partition coefficient (Wildman–Crippen LogP) is 4.03. The van der Waals surface area contributed by atoms with Crippen LogP contribution in [-0.2, 0) is 13.0 Å². The second-order valence-corrected chi connectivity index (χ2v) is 8.21. The van der Waals surface area contributed by atoms with Gasteiger partial charge in [0, 0.05) is 60.3 Å². The van der Waals surface area contributed by atoms with Gasteiger partial charge in [-0.1, -0.05) is 18.5 Å². The third kappa shape index (κ3) is 5.24. The largest absolute Gasteiger partial charge is 0.322 e. The zero-order valence-corrected chi connectivity index (χ0v) is 18.4. The van der Waals surface area contributed by atoms with Gasteiger partial charge >= 0.3 is 0 Å². The third-order valence-corrected chi connectivity index (χ3v) is 5.72. The van der Waals surface area contributed by atoms with Crippen LogP contribution in [0.15, 0.2) is 42.9 Å². The van der Waals surface area contributed by atoms with Gasteiger partial charge in [-0.2, -0.15) is 0 Å². The summed E-state index contributed by atoms with van der Waals surface area (Å²) in [6.45, 7) is 6.57. The Balaban J connectivity index is 1.38. The van der Waals surface area contributed by atoms with Crippen molar-refractivity contribution in [3.05, 3.63) is 76.3 Å². The number of nitrogens with one attached hydrogen (secondary N) is 1. The number of likely N-dealkylation sites (tertiary alicyclic amines) is 1. The number of anilines is 1. The molecule has 1 unspecified atom stereocenters. The topological polar surface area (TPSA) is 83.9 Å². The SMILES string of the molecule is CCc1ncc(CN2CCC(c3ncc(C(=O)Nc4ccc(Cl)cc4)c(C)n3)C2)cn1. The van der Waals surface area contributed by atoms with Gasteiger partial charge < -0.3 is 5.32 Å². The van der Waals surface area contributed by atoms with Gasteiger partial charge in [-0.25, -0.2) is 19.9 Å². The van der Waals surface area contributed by atoms with E-state index in [1.165, 1.54) is 0 Å². The van der Waals surface area contributed by atoms with E-state index >= 15 is 0 Å². The van der Waals surface area contributed by atoms with E-state index in [1.807, 2.05) is 19.3 Å². The first-order valence-corrected chi connectivity index (χ1v) is 10.8. The summed E-state index contributed by atoms with van der Waals surface area (Å²) >= 11 is 5.90. The Kier molecular flexibility index (Phi) is 6.53. The zero-order valence-electron chi connectivity index (χ0n) is 17.7. The summed E-state index contributed by atoms with van der Waals surface area (Å²) in [4.78, 5) is 32.9. The highest BCUT2D eigenvalue weighted by Gasteiger charge is 2.27. The van der Waals surface area contributed by atoms with Gasteiger partial charge in [0.2, 0.25) is 0 Å². The van der Waals surface area contributed by atoms with E-state index in [1.54, 1.807) is 30.5 Å². The predicted molar refractivity (Wildman–Crippen MR) is 120 cm³/mol. The highest BCUT2D eigenvalue weighted by Crippen LogP contribution is 2.26. The summed E-state index contributed by atoms with van der Waals surface area (Å²) in [5.41, 5.74) is 2.95. The van der Waals surface area contributed by atoms with Crippen LogP contribution < -0.4 is 5.32 Å². The molecule has 1 atom stereocenters. The molecule has 1 amide bonds. The molecule has 4 rings (SSSR count). The van der Waals surface area contributed by atoms with Crippen LogP contribution in [0.1, 0.15) is 52.5 Å². The lowest BCUT2D eigenvalue weighted by atomic mass is 10.1. The number of carbonyl (C=O) groups is 1. The summed E-state index contributed by atoms with van der Waals surface area (Å²) in [7, 11) is 0. The minimum absolute atomic E-state index is 0.227. The maximum absolute atomic E-state index is 12.6. The standard InChI is InChI=1S/C23H25ClN6O/c1-3-21-25-10-16(11-26-21)13-30-9-8-17(14-30)22-27-12-20(15(2)28-22)23(31)29-19-6-4-18(24)5-7-19/h4-7,10-12,17H,3,8-9,13-14H2,1-2H3,(H,29,31). The molecule has 0 aliphatic carbocycles. The van der Waals surface area contributed by atoms with E-state index in [-0.39, 0.29) is 11.8 Å². The van der Waals surface area contributed by atoms with E-state index in [4.69, 9.17) is 11.6 Å². The fourth-order valence-corrected chi connectivity index (χ4v) is 3.85. The van der Waals surface area contributed by atoms with E-state index in [0.29, 0.717) is 22.0 Å². The Morgan fingerprint density at radius 1 is 1.16 bits per heavy atom. The monoisotopic (exact) mass is 436 g/mol. The first kappa shape index (κ1) is 21.3. The molecule has 1 fully saturated rings. The number of benzene rings is 1. The molecule has 3 heterocycles. The van der Waals surface area contributed by atoms with Crippen molar-refractivity contribution in [2.24, 2.45) is 0 Å². The fraction of sp³-hybridized carbons (Fsp3) is 0.348. The average molecular weight is 437 g/mol. The highest BCUT2D eigenvalue weighted by molar-refractivity contribution is 6.30. The quantitative estimate of drug-likeness (QED) is 0.628. The fourth-order valence-electron chi connectivity index (χ4n) is 3.73. The van der Waals surface area contributed by atoms with Crippen LogP contribution in [0.25, 0.3) is 0 Å². The minimum Gasteiger partial charge on any atom is -0.322 e. The van der Waals surface area contributed by atoms with Gasteiger partial charge in [-0.15, -0.1) is 0 Å². The number of nitrogens with zero attached hydrogens (tertiary/aromatic N) is 5. The molecule has 2 aromatic heterocycles. The minimum atomic E-state index is -0.227. The molecule has 160 valence electrons. The van der Waals surface area contributed by atoms with Gasteiger partial charge in [0.1, 0.15) is 11.6 Å². The van der Waals surface area contributed by atoms with E-state index in [0.717, 1.165) is 49.7 Å². The molecule has 1 saturated heterocycles. The normalized spacial score (nSPS) is 16.4. The maximum Gasteiger partial charge on any atom is 0.259 e. The van der Waals surface area contributed by atoms with Crippen LogP contribution in [0.4, 0.5) is 5.69 Å². The first-order chi connectivity index (χ1) is 15.0. The van der Waals surface area contributed by atoms with Crippen LogP contribution >= 0.6 is 11.6 Å². The molecule has 1 aromatic carbocycles. The number of hydrogen-bond donors (Lipinski definition) is 1. The molecule has 0 radical (unpaired) electrons. The molecule has 0 bridgehead atoms. The van der Waals surface area contributed by atoms with Crippen molar-refractivity contribution in [1.29, 1.82) is 0 Å². The summed E-state index contributed by atoms with van der Waals surface area (Å²) in [5.74, 6) is 1.69. The number of aryl methyl sites for hydroxylation is 2. The Hall–Kier alpha value is -2.90. The summed E-state index contributed by atoms with van der Waals surface area (Å²) in [6.07, 6.45) is 7.28. The Bertz CT molecular complexity index is 1050. The van der Waals surface area contributed by atoms with E-state index in [9.17, 15) is 4.79 Å². The lowest BCUT2D eigenvalue weighted by Crippen LogP contribution is -2.21. The van der Waals surface area contributed by atoms with Crippen molar-refractivity contribution in [3.8, 4) is 0 Å². The van der Waals surface area contributed by atoms with Gasteiger partial charge in [0.05, 0.1) is 11.3 Å². The number of rotatable bonds is 6. The van der Waals surface area contributed by atoms with Gasteiger partial charge in [0.25, 0.3) is 5.91 Å². The van der Waals surface area contributed by atoms with Crippen LogP contribution in [0, 0.1) is 6.92 Å². The maximum atomic E-state index is 12.6. The van der Waals surface area contributed by atoms with Crippen molar-refractivity contribution in [2.45, 2.75) is 39.2 Å². The summed E-state index contributed by atoms with van der Waals surface area (Å²) in [5, 5.41) is 3.48. The second-order valence-electron chi connectivity index (χ2n) is 7.77. The van der Waals surface area contributed by atoms with Crippen LogP contribution in [0.2, 0.25) is 5.02 Å².